The molecule has 1 saturated heterocycles. The van der Waals surface area contributed by atoms with Crippen LogP contribution in [-0.4, -0.2) is 26.9 Å². The Hall–Kier alpha value is -1.75. The van der Waals surface area contributed by atoms with Crippen molar-refractivity contribution in [2.24, 2.45) is 5.92 Å². The van der Waals surface area contributed by atoms with Gasteiger partial charge in [-0.05, 0) is 35.4 Å². The minimum atomic E-state index is 0.254. The number of carbonyl (C=O) groups excluding carboxylic acids is 1. The molecule has 0 spiro atoms. The Morgan fingerprint density at radius 2 is 2.09 bits per heavy atom. The third-order valence-corrected chi connectivity index (χ3v) is 4.85. The number of benzene rings is 1. The summed E-state index contributed by atoms with van der Waals surface area (Å²) in [7, 11) is 0. The van der Waals surface area contributed by atoms with Gasteiger partial charge in [0.1, 0.15) is 0 Å². The van der Waals surface area contributed by atoms with E-state index in [1.54, 1.807) is 0 Å². The summed E-state index contributed by atoms with van der Waals surface area (Å²) in [4.78, 5) is 15.4. The maximum atomic E-state index is 12.3. The summed E-state index contributed by atoms with van der Waals surface area (Å²) in [5.41, 5.74) is 2.34. The van der Waals surface area contributed by atoms with Crippen molar-refractivity contribution in [3.63, 3.8) is 0 Å². The van der Waals surface area contributed by atoms with E-state index < -0.39 is 0 Å². The molecular weight excluding hydrogens is 294 g/mol. The van der Waals surface area contributed by atoms with Crippen LogP contribution in [-0.2, 0) is 17.8 Å². The lowest BCUT2D eigenvalue weighted by Crippen LogP contribution is -2.25. The van der Waals surface area contributed by atoms with Crippen molar-refractivity contribution in [3.05, 3.63) is 46.5 Å². The smallest absolute Gasteiger partial charge is 0.223 e. The zero-order valence-electron chi connectivity index (χ0n) is 13.0. The molecule has 0 unspecified atom stereocenters. The summed E-state index contributed by atoms with van der Waals surface area (Å²) in [5.74, 6) is 1.02. The van der Waals surface area contributed by atoms with Crippen LogP contribution in [0.25, 0.3) is 0 Å². The summed E-state index contributed by atoms with van der Waals surface area (Å²) in [6.45, 7) is 5.73. The fraction of sp³-hybridized carbons (Fsp3) is 0.471. The molecule has 1 aliphatic rings. The van der Waals surface area contributed by atoms with Gasteiger partial charge in [-0.1, -0.05) is 48.7 Å². The number of nitrogens with zero attached hydrogens (tertiary/aromatic N) is 3. The van der Waals surface area contributed by atoms with Gasteiger partial charge in [0, 0.05) is 13.0 Å². The molecule has 1 aromatic carbocycles. The summed E-state index contributed by atoms with van der Waals surface area (Å²) in [5, 5.41) is 4.20. The number of rotatable bonds is 5. The Bertz CT molecular complexity index is 638. The molecule has 5 heteroatoms. The van der Waals surface area contributed by atoms with Gasteiger partial charge in [-0.2, -0.15) is 0 Å². The first-order valence-electron chi connectivity index (χ1n) is 7.76. The van der Waals surface area contributed by atoms with E-state index in [1.165, 1.54) is 17.1 Å². The van der Waals surface area contributed by atoms with Gasteiger partial charge in [-0.15, -0.1) is 5.10 Å². The first-order valence-corrected chi connectivity index (χ1v) is 8.53. The fourth-order valence-electron chi connectivity index (χ4n) is 3.03. The molecule has 22 heavy (non-hydrogen) atoms. The van der Waals surface area contributed by atoms with Crippen molar-refractivity contribution in [3.8, 4) is 0 Å². The Balaban J connectivity index is 1.64. The highest BCUT2D eigenvalue weighted by molar-refractivity contribution is 7.05. The highest BCUT2D eigenvalue weighted by atomic mass is 32.1. The Kier molecular flexibility index (Phi) is 4.52. The first-order chi connectivity index (χ1) is 10.6. The van der Waals surface area contributed by atoms with E-state index in [1.807, 2.05) is 11.0 Å². The SMILES string of the molecule is CC(C)c1nnsc1CN1C[C@@H](Cc2ccccc2)CC1=O. The van der Waals surface area contributed by atoms with Gasteiger partial charge in [0.2, 0.25) is 5.91 Å². The van der Waals surface area contributed by atoms with Crippen molar-refractivity contribution in [2.75, 3.05) is 6.54 Å². The van der Waals surface area contributed by atoms with E-state index >= 15 is 0 Å². The number of amides is 1. The van der Waals surface area contributed by atoms with Crippen molar-refractivity contribution >= 4 is 17.4 Å². The predicted molar refractivity (Wildman–Crippen MR) is 87.7 cm³/mol. The van der Waals surface area contributed by atoms with Crippen LogP contribution in [0.1, 0.15) is 42.3 Å². The summed E-state index contributed by atoms with van der Waals surface area (Å²) >= 11 is 1.42. The van der Waals surface area contributed by atoms with E-state index in [0.717, 1.165) is 23.5 Å². The molecule has 1 atom stereocenters. The predicted octanol–water partition coefficient (Wildman–Crippen LogP) is 3.25. The quantitative estimate of drug-likeness (QED) is 0.851. The molecule has 2 heterocycles. The van der Waals surface area contributed by atoms with E-state index in [9.17, 15) is 4.79 Å². The second-order valence-electron chi connectivity index (χ2n) is 6.27. The van der Waals surface area contributed by atoms with Crippen molar-refractivity contribution in [1.82, 2.24) is 14.5 Å². The minimum absolute atomic E-state index is 0.254. The zero-order valence-corrected chi connectivity index (χ0v) is 13.8. The van der Waals surface area contributed by atoms with Gasteiger partial charge in [0.05, 0.1) is 17.1 Å². The van der Waals surface area contributed by atoms with E-state index in [-0.39, 0.29) is 5.91 Å². The number of hydrogen-bond acceptors (Lipinski definition) is 4. The monoisotopic (exact) mass is 315 g/mol. The van der Waals surface area contributed by atoms with Crippen LogP contribution < -0.4 is 0 Å². The lowest BCUT2D eigenvalue weighted by molar-refractivity contribution is -0.128. The van der Waals surface area contributed by atoms with Crippen molar-refractivity contribution in [2.45, 2.75) is 39.2 Å². The maximum Gasteiger partial charge on any atom is 0.223 e. The maximum absolute atomic E-state index is 12.3. The average molecular weight is 315 g/mol. The second kappa shape index (κ2) is 6.57. The van der Waals surface area contributed by atoms with Crippen LogP contribution in [0.4, 0.5) is 0 Å². The summed E-state index contributed by atoms with van der Waals surface area (Å²) in [6, 6.07) is 10.4. The van der Waals surface area contributed by atoms with Crippen molar-refractivity contribution in [1.29, 1.82) is 0 Å². The van der Waals surface area contributed by atoms with Gasteiger partial charge in [-0.25, -0.2) is 0 Å². The van der Waals surface area contributed by atoms with Gasteiger partial charge < -0.3 is 4.90 Å². The molecule has 0 saturated carbocycles. The molecule has 1 aliphatic heterocycles. The van der Waals surface area contributed by atoms with E-state index in [0.29, 0.717) is 24.8 Å². The van der Waals surface area contributed by atoms with E-state index in [4.69, 9.17) is 0 Å². The number of carbonyl (C=O) groups is 1. The zero-order chi connectivity index (χ0) is 15.5. The van der Waals surface area contributed by atoms with Crippen LogP contribution in [0.5, 0.6) is 0 Å². The van der Waals surface area contributed by atoms with Crippen LogP contribution in [0.2, 0.25) is 0 Å². The molecule has 0 radical (unpaired) electrons. The molecule has 1 aromatic heterocycles. The Morgan fingerprint density at radius 3 is 2.82 bits per heavy atom. The molecule has 0 bridgehead atoms. The summed E-state index contributed by atoms with van der Waals surface area (Å²) < 4.78 is 4.05. The largest absolute Gasteiger partial charge is 0.337 e. The first kappa shape index (κ1) is 15.2. The molecule has 2 aromatic rings. The molecule has 1 amide bonds. The second-order valence-corrected chi connectivity index (χ2v) is 7.11. The number of aromatic nitrogens is 2. The molecule has 1 fully saturated rings. The highest BCUT2D eigenvalue weighted by Gasteiger charge is 2.30. The third-order valence-electron chi connectivity index (χ3n) is 4.13. The van der Waals surface area contributed by atoms with Crippen molar-refractivity contribution < 1.29 is 4.79 Å². The molecule has 0 N–H and O–H groups in total. The number of likely N-dealkylation sites (tertiary alicyclic amines) is 1. The molecule has 0 aliphatic carbocycles. The van der Waals surface area contributed by atoms with Crippen LogP contribution in [0.15, 0.2) is 30.3 Å². The van der Waals surface area contributed by atoms with Crippen LogP contribution in [0.3, 0.4) is 0 Å². The van der Waals surface area contributed by atoms with Gasteiger partial charge in [-0.3, -0.25) is 4.79 Å². The van der Waals surface area contributed by atoms with Crippen LogP contribution in [0, 0.1) is 5.92 Å². The lowest BCUT2D eigenvalue weighted by atomic mass is 9.99. The van der Waals surface area contributed by atoms with Gasteiger partial charge in [0.15, 0.2) is 0 Å². The standard InChI is InChI=1S/C17H21N3OS/c1-12(2)17-15(22-19-18-17)11-20-10-14(9-16(20)21)8-13-6-4-3-5-7-13/h3-7,12,14H,8-11H2,1-2H3/t14-/m0/s1. The molecular formula is C17H21N3OS. The topological polar surface area (TPSA) is 46.1 Å². The normalized spacial score (nSPS) is 18.4. The minimum Gasteiger partial charge on any atom is -0.337 e. The lowest BCUT2D eigenvalue weighted by Gasteiger charge is -2.16. The van der Waals surface area contributed by atoms with Gasteiger partial charge >= 0.3 is 0 Å². The van der Waals surface area contributed by atoms with E-state index in [2.05, 4.69) is 47.7 Å². The van der Waals surface area contributed by atoms with Crippen LogP contribution >= 0.6 is 11.5 Å². The number of hydrogen-bond donors (Lipinski definition) is 0. The molecule has 4 nitrogen and oxygen atoms in total. The molecule has 3 rings (SSSR count). The molecule has 116 valence electrons. The average Bonchev–Trinajstić information content (AvgIpc) is 3.08. The highest BCUT2D eigenvalue weighted by Crippen LogP contribution is 2.27. The third kappa shape index (κ3) is 3.35. The summed E-state index contributed by atoms with van der Waals surface area (Å²) in [6.07, 6.45) is 1.62. The Morgan fingerprint density at radius 1 is 1.32 bits per heavy atom. The fourth-order valence-corrected chi connectivity index (χ4v) is 3.84. The Labute approximate surface area is 135 Å². The van der Waals surface area contributed by atoms with Gasteiger partial charge in [0.25, 0.3) is 0 Å².